The molecule has 2 rings (SSSR count). The minimum absolute atomic E-state index is 0.0460. The molecule has 0 saturated carbocycles. The lowest BCUT2D eigenvalue weighted by Gasteiger charge is -2.33. The normalized spacial score (nSPS) is 29.1. The Kier molecular flexibility index (Phi) is 3.41. The number of phenolic OH excluding ortho intramolecular Hbond substituents is 1. The van der Waals surface area contributed by atoms with Gasteiger partial charge in [-0.25, -0.2) is 0 Å². The molecule has 106 valence electrons. The van der Waals surface area contributed by atoms with Crippen LogP contribution in [0, 0.1) is 0 Å². The Morgan fingerprint density at radius 2 is 1.80 bits per heavy atom. The summed E-state index contributed by atoms with van der Waals surface area (Å²) < 4.78 is 0. The molecule has 0 radical (unpaired) electrons. The second-order valence-corrected chi connectivity index (χ2v) is 5.06. The van der Waals surface area contributed by atoms with Crippen LogP contribution in [0.4, 0.5) is 0 Å². The molecule has 0 amide bonds. The van der Waals surface area contributed by atoms with Crippen LogP contribution in [0.5, 0.6) is 5.75 Å². The van der Waals surface area contributed by atoms with Gasteiger partial charge in [-0.05, 0) is 49.8 Å². The Morgan fingerprint density at radius 1 is 1.25 bits per heavy atom. The molecule has 0 aromatic heterocycles. The maximum Gasteiger partial charge on any atom is 0.192 e. The number of hydrogen-bond donors (Lipinski definition) is 4. The summed E-state index contributed by atoms with van der Waals surface area (Å²) in [5, 5.41) is 39.6. The summed E-state index contributed by atoms with van der Waals surface area (Å²) in [5.74, 6) is -0.776. The van der Waals surface area contributed by atoms with E-state index in [2.05, 4.69) is 0 Å². The largest absolute Gasteiger partial charge is 0.508 e. The Bertz CT molecular complexity index is 608. The van der Waals surface area contributed by atoms with Crippen LogP contribution in [-0.2, 0) is 4.79 Å². The lowest BCUT2D eigenvalue weighted by Crippen LogP contribution is -2.50. The number of phenols is 1. The molecule has 1 aromatic rings. The van der Waals surface area contributed by atoms with Gasteiger partial charge in [-0.1, -0.05) is 0 Å². The molecule has 2 unspecified atom stereocenters. The summed E-state index contributed by atoms with van der Waals surface area (Å²) >= 11 is 0. The number of aliphatic hydroxyl groups excluding tert-OH is 2. The molecule has 0 fully saturated rings. The fraction of sp³-hybridized carbons (Fsp3) is 0.267. The molecule has 5 heteroatoms. The van der Waals surface area contributed by atoms with E-state index in [0.29, 0.717) is 5.56 Å². The third-order valence-electron chi connectivity index (χ3n) is 3.43. The van der Waals surface area contributed by atoms with Gasteiger partial charge in [-0.2, -0.15) is 0 Å². The van der Waals surface area contributed by atoms with E-state index >= 15 is 0 Å². The van der Waals surface area contributed by atoms with Gasteiger partial charge in [0.05, 0.1) is 0 Å². The Balaban J connectivity index is 2.57. The van der Waals surface area contributed by atoms with Crippen molar-refractivity contribution in [1.29, 1.82) is 0 Å². The fourth-order valence-corrected chi connectivity index (χ4v) is 2.19. The number of rotatable bonds is 1. The highest BCUT2D eigenvalue weighted by atomic mass is 16.4. The summed E-state index contributed by atoms with van der Waals surface area (Å²) in [5.41, 5.74) is -1.29. The van der Waals surface area contributed by atoms with E-state index in [1.807, 2.05) is 0 Å². The van der Waals surface area contributed by atoms with Crippen molar-refractivity contribution in [3.05, 3.63) is 47.1 Å². The minimum atomic E-state index is -1.97. The van der Waals surface area contributed by atoms with E-state index in [-0.39, 0.29) is 22.7 Å². The van der Waals surface area contributed by atoms with Crippen LogP contribution >= 0.6 is 0 Å². The minimum Gasteiger partial charge on any atom is -0.508 e. The molecule has 0 saturated heterocycles. The van der Waals surface area contributed by atoms with Gasteiger partial charge in [-0.3, -0.25) is 4.79 Å². The van der Waals surface area contributed by atoms with Crippen molar-refractivity contribution in [2.75, 3.05) is 0 Å². The molecule has 2 atom stereocenters. The molecule has 5 nitrogen and oxygen atoms in total. The first kappa shape index (κ1) is 14.3. The van der Waals surface area contributed by atoms with E-state index in [1.54, 1.807) is 0 Å². The Labute approximate surface area is 116 Å². The van der Waals surface area contributed by atoms with Crippen LogP contribution in [0.3, 0.4) is 0 Å². The van der Waals surface area contributed by atoms with E-state index in [9.17, 15) is 25.2 Å². The number of hydrogen-bond acceptors (Lipinski definition) is 5. The predicted octanol–water partition coefficient (Wildman–Crippen LogP) is 1.30. The van der Waals surface area contributed by atoms with Gasteiger partial charge in [0.2, 0.25) is 0 Å². The molecule has 0 bridgehead atoms. The first-order valence-electron chi connectivity index (χ1n) is 6.11. The second kappa shape index (κ2) is 4.77. The van der Waals surface area contributed by atoms with Crippen LogP contribution in [-0.4, -0.2) is 37.9 Å². The van der Waals surface area contributed by atoms with E-state index in [0.717, 1.165) is 0 Å². The average molecular weight is 276 g/mol. The Morgan fingerprint density at radius 3 is 2.35 bits per heavy atom. The average Bonchev–Trinajstić information content (AvgIpc) is 2.41. The van der Waals surface area contributed by atoms with Gasteiger partial charge in [-0.15, -0.1) is 0 Å². The Hall–Kier alpha value is -2.11. The maximum absolute atomic E-state index is 11.8. The number of aromatic hydroxyl groups is 1. The first-order chi connectivity index (χ1) is 9.25. The number of carbonyl (C=O) groups is 1. The van der Waals surface area contributed by atoms with E-state index in [4.69, 9.17) is 0 Å². The summed E-state index contributed by atoms with van der Waals surface area (Å²) in [7, 11) is 0. The van der Waals surface area contributed by atoms with Gasteiger partial charge >= 0.3 is 0 Å². The summed E-state index contributed by atoms with van der Waals surface area (Å²) in [6, 6.07) is 5.72. The smallest absolute Gasteiger partial charge is 0.192 e. The lowest BCUT2D eigenvalue weighted by atomic mass is 9.79. The zero-order valence-corrected chi connectivity index (χ0v) is 11.2. The number of aliphatic hydroxyl groups is 3. The zero-order valence-electron chi connectivity index (χ0n) is 11.2. The third kappa shape index (κ3) is 2.21. The number of ketones is 1. The first-order valence-corrected chi connectivity index (χ1v) is 6.11. The summed E-state index contributed by atoms with van der Waals surface area (Å²) in [6.45, 7) is 2.72. The van der Waals surface area contributed by atoms with Crippen molar-refractivity contribution < 1.29 is 25.2 Å². The molecule has 0 heterocycles. The number of carbonyl (C=O) groups excluding carboxylic acids is 1. The lowest BCUT2D eigenvalue weighted by molar-refractivity contribution is -0.141. The highest BCUT2D eigenvalue weighted by Crippen LogP contribution is 2.33. The van der Waals surface area contributed by atoms with Crippen LogP contribution < -0.4 is 0 Å². The van der Waals surface area contributed by atoms with Gasteiger partial charge in [0.25, 0.3) is 0 Å². The van der Waals surface area contributed by atoms with E-state index in [1.165, 1.54) is 44.2 Å². The van der Waals surface area contributed by atoms with Gasteiger partial charge in [0, 0.05) is 11.1 Å². The quantitative estimate of drug-likeness (QED) is 0.580. The molecule has 1 aromatic carbocycles. The van der Waals surface area contributed by atoms with Gasteiger partial charge < -0.3 is 20.4 Å². The standard InChI is InChI=1S/C15H16O5/c1-8-7-11(14(19)15(2,20)13(8)18)12(17)9-3-5-10(16)6-4-9/h3-7,14,16-17,19-20H,1-2H3/b12-11-. The molecule has 1 aliphatic rings. The molecule has 0 spiro atoms. The highest BCUT2D eigenvalue weighted by molar-refractivity contribution is 6.04. The van der Waals surface area contributed by atoms with Crippen molar-refractivity contribution in [1.82, 2.24) is 0 Å². The molecule has 0 aliphatic heterocycles. The highest BCUT2D eigenvalue weighted by Gasteiger charge is 2.44. The third-order valence-corrected chi connectivity index (χ3v) is 3.43. The van der Waals surface area contributed by atoms with Crippen molar-refractivity contribution in [2.45, 2.75) is 25.6 Å². The molecule has 20 heavy (non-hydrogen) atoms. The molecule has 4 N–H and O–H groups in total. The molecular formula is C15H16O5. The van der Waals surface area contributed by atoms with Crippen LogP contribution in [0.15, 0.2) is 41.5 Å². The predicted molar refractivity (Wildman–Crippen MR) is 73.1 cm³/mol. The van der Waals surface area contributed by atoms with E-state index < -0.39 is 17.5 Å². The summed E-state index contributed by atoms with van der Waals surface area (Å²) in [4.78, 5) is 11.8. The molecule has 1 aliphatic carbocycles. The topological polar surface area (TPSA) is 98.0 Å². The zero-order chi connectivity index (χ0) is 15.1. The van der Waals surface area contributed by atoms with Crippen LogP contribution in [0.1, 0.15) is 19.4 Å². The van der Waals surface area contributed by atoms with Gasteiger partial charge in [0.1, 0.15) is 17.6 Å². The van der Waals surface area contributed by atoms with Crippen molar-refractivity contribution in [3.63, 3.8) is 0 Å². The fourth-order valence-electron chi connectivity index (χ4n) is 2.19. The maximum atomic E-state index is 11.8. The van der Waals surface area contributed by atoms with Crippen LogP contribution in [0.25, 0.3) is 5.76 Å². The SMILES string of the molecule is CC1=C/C(=C(/O)c2ccc(O)cc2)C(O)C(C)(O)C1=O. The van der Waals surface area contributed by atoms with Crippen molar-refractivity contribution in [2.24, 2.45) is 0 Å². The monoisotopic (exact) mass is 276 g/mol. The number of Topliss-reactive ketones (excluding diaryl/α,β-unsaturated/α-hetero) is 1. The van der Waals surface area contributed by atoms with Crippen molar-refractivity contribution in [3.8, 4) is 5.75 Å². The molecular weight excluding hydrogens is 260 g/mol. The van der Waals surface area contributed by atoms with Crippen molar-refractivity contribution >= 4 is 11.5 Å². The van der Waals surface area contributed by atoms with Gasteiger partial charge in [0.15, 0.2) is 11.4 Å². The summed E-state index contributed by atoms with van der Waals surface area (Å²) in [6.07, 6.45) is -0.167. The number of benzene rings is 1. The van der Waals surface area contributed by atoms with Crippen LogP contribution in [0.2, 0.25) is 0 Å². The second-order valence-electron chi connectivity index (χ2n) is 5.06.